The molecule has 126 valence electrons. The first-order valence-corrected chi connectivity index (χ1v) is 8.14. The second kappa shape index (κ2) is 6.51. The number of carbonyl (C=O) groups excluding carboxylic acids is 1. The number of hydrogen-bond donors (Lipinski definition) is 1. The quantitative estimate of drug-likeness (QED) is 0.921. The number of halogens is 3. The van der Waals surface area contributed by atoms with Crippen molar-refractivity contribution >= 4 is 5.91 Å². The van der Waals surface area contributed by atoms with Gasteiger partial charge >= 0.3 is 6.18 Å². The van der Waals surface area contributed by atoms with Gasteiger partial charge < -0.3 is 10.2 Å². The summed E-state index contributed by atoms with van der Waals surface area (Å²) >= 11 is 0. The first-order chi connectivity index (χ1) is 11.0. The monoisotopic (exact) mass is 326 g/mol. The summed E-state index contributed by atoms with van der Waals surface area (Å²) in [7, 11) is 0. The van der Waals surface area contributed by atoms with Gasteiger partial charge in [-0.25, -0.2) is 0 Å². The molecule has 6 heteroatoms. The minimum absolute atomic E-state index is 0.00982. The van der Waals surface area contributed by atoms with Crippen LogP contribution in [0.3, 0.4) is 0 Å². The molecule has 0 radical (unpaired) electrons. The van der Waals surface area contributed by atoms with Gasteiger partial charge in [-0.1, -0.05) is 18.6 Å². The predicted octanol–water partition coefficient (Wildman–Crippen LogP) is 3.31. The minimum atomic E-state index is -4.51. The van der Waals surface area contributed by atoms with Crippen LogP contribution in [0.2, 0.25) is 0 Å². The molecule has 23 heavy (non-hydrogen) atoms. The van der Waals surface area contributed by atoms with E-state index < -0.39 is 17.6 Å². The molecule has 3 rings (SSSR count). The Hall–Kier alpha value is -1.56. The first kappa shape index (κ1) is 16.3. The van der Waals surface area contributed by atoms with Gasteiger partial charge in [0, 0.05) is 19.1 Å². The Balaban J connectivity index is 1.88. The molecule has 0 spiro atoms. The van der Waals surface area contributed by atoms with Gasteiger partial charge in [0.25, 0.3) is 5.91 Å². The van der Waals surface area contributed by atoms with E-state index in [0.29, 0.717) is 19.0 Å². The van der Waals surface area contributed by atoms with Gasteiger partial charge in [-0.05, 0) is 43.9 Å². The molecule has 1 aliphatic carbocycles. The van der Waals surface area contributed by atoms with Gasteiger partial charge in [0.1, 0.15) is 0 Å². The van der Waals surface area contributed by atoms with Crippen LogP contribution in [0.15, 0.2) is 24.3 Å². The number of rotatable bonds is 4. The smallest absolute Gasteiger partial charge is 0.334 e. The molecule has 3 nitrogen and oxygen atoms in total. The fraction of sp³-hybridized carbons (Fsp3) is 0.588. The van der Waals surface area contributed by atoms with E-state index in [2.05, 4.69) is 5.32 Å². The van der Waals surface area contributed by atoms with E-state index in [1.54, 1.807) is 4.90 Å². The average Bonchev–Trinajstić information content (AvgIpc) is 2.99. The standard InChI is InChI=1S/C17H21F3N2O/c18-17(19,20)15-7-2-1-6-14(15)16(23)22(11-12-4-3-5-12)13-8-9-21-10-13/h1-2,6-7,12-13,21H,3-5,8-11H2. The molecular formula is C17H21F3N2O. The van der Waals surface area contributed by atoms with Crippen molar-refractivity contribution in [2.75, 3.05) is 19.6 Å². The second-order valence-electron chi connectivity index (χ2n) is 6.44. The Labute approximate surface area is 133 Å². The van der Waals surface area contributed by atoms with E-state index in [0.717, 1.165) is 38.3 Å². The van der Waals surface area contributed by atoms with Gasteiger partial charge in [-0.3, -0.25) is 4.79 Å². The number of nitrogens with one attached hydrogen (secondary N) is 1. The van der Waals surface area contributed by atoms with Crippen LogP contribution in [0.25, 0.3) is 0 Å². The lowest BCUT2D eigenvalue weighted by atomic mass is 9.84. The van der Waals surface area contributed by atoms with Crippen molar-refractivity contribution in [3.8, 4) is 0 Å². The third kappa shape index (κ3) is 3.52. The molecule has 1 aliphatic heterocycles. The van der Waals surface area contributed by atoms with E-state index in [-0.39, 0.29) is 11.6 Å². The summed E-state index contributed by atoms with van der Waals surface area (Å²) in [5.74, 6) is -0.0591. The molecule has 1 heterocycles. The number of carbonyl (C=O) groups is 1. The van der Waals surface area contributed by atoms with Crippen molar-refractivity contribution in [2.24, 2.45) is 5.92 Å². The molecule has 2 fully saturated rings. The highest BCUT2D eigenvalue weighted by Gasteiger charge is 2.38. The highest BCUT2D eigenvalue weighted by molar-refractivity contribution is 5.96. The number of hydrogen-bond acceptors (Lipinski definition) is 2. The van der Waals surface area contributed by atoms with Crippen molar-refractivity contribution < 1.29 is 18.0 Å². The maximum absolute atomic E-state index is 13.2. The number of amides is 1. The van der Waals surface area contributed by atoms with Gasteiger partial charge in [0.05, 0.1) is 11.1 Å². The zero-order valence-corrected chi connectivity index (χ0v) is 12.9. The largest absolute Gasteiger partial charge is 0.417 e. The lowest BCUT2D eigenvalue weighted by molar-refractivity contribution is -0.138. The molecule has 1 saturated carbocycles. The second-order valence-corrected chi connectivity index (χ2v) is 6.44. The van der Waals surface area contributed by atoms with E-state index in [1.165, 1.54) is 18.2 Å². The Morgan fingerprint density at radius 2 is 1.96 bits per heavy atom. The third-order valence-corrected chi connectivity index (χ3v) is 4.88. The zero-order chi connectivity index (χ0) is 16.4. The summed E-state index contributed by atoms with van der Waals surface area (Å²) in [5.41, 5.74) is -1.07. The fourth-order valence-electron chi connectivity index (χ4n) is 3.33. The minimum Gasteiger partial charge on any atom is -0.334 e. The third-order valence-electron chi connectivity index (χ3n) is 4.88. The Kier molecular flexibility index (Phi) is 4.62. The molecule has 1 N–H and O–H groups in total. The van der Waals surface area contributed by atoms with Crippen molar-refractivity contribution in [1.29, 1.82) is 0 Å². The highest BCUT2D eigenvalue weighted by Crippen LogP contribution is 2.34. The topological polar surface area (TPSA) is 32.3 Å². The van der Waals surface area contributed by atoms with Crippen molar-refractivity contribution in [3.63, 3.8) is 0 Å². The summed E-state index contributed by atoms with van der Waals surface area (Å²) in [4.78, 5) is 14.5. The van der Waals surface area contributed by atoms with Crippen LogP contribution in [-0.2, 0) is 6.18 Å². The Morgan fingerprint density at radius 1 is 1.22 bits per heavy atom. The van der Waals surface area contributed by atoms with E-state index in [1.807, 2.05) is 0 Å². The maximum Gasteiger partial charge on any atom is 0.417 e. The van der Waals surface area contributed by atoms with Crippen LogP contribution >= 0.6 is 0 Å². The number of benzene rings is 1. The van der Waals surface area contributed by atoms with Crippen molar-refractivity contribution in [3.05, 3.63) is 35.4 Å². The highest BCUT2D eigenvalue weighted by atomic mass is 19.4. The molecule has 1 aromatic carbocycles. The van der Waals surface area contributed by atoms with Gasteiger partial charge in [0.15, 0.2) is 0 Å². The van der Waals surface area contributed by atoms with Crippen LogP contribution in [0.5, 0.6) is 0 Å². The lowest BCUT2D eigenvalue weighted by Crippen LogP contribution is -2.45. The molecule has 2 aliphatic rings. The van der Waals surface area contributed by atoms with E-state index in [4.69, 9.17) is 0 Å². The number of nitrogens with zero attached hydrogens (tertiary/aromatic N) is 1. The van der Waals surface area contributed by atoms with E-state index >= 15 is 0 Å². The van der Waals surface area contributed by atoms with Crippen molar-refractivity contribution in [1.82, 2.24) is 10.2 Å². The van der Waals surface area contributed by atoms with Crippen LogP contribution in [-0.4, -0.2) is 36.5 Å². The summed E-state index contributed by atoms with van der Waals surface area (Å²) < 4.78 is 39.6. The predicted molar refractivity (Wildman–Crippen MR) is 81.1 cm³/mol. The zero-order valence-electron chi connectivity index (χ0n) is 12.9. The molecule has 1 atom stereocenters. The Morgan fingerprint density at radius 3 is 2.52 bits per heavy atom. The van der Waals surface area contributed by atoms with Crippen LogP contribution in [0, 0.1) is 5.92 Å². The summed E-state index contributed by atoms with van der Waals surface area (Å²) in [6.07, 6.45) is -0.445. The van der Waals surface area contributed by atoms with Gasteiger partial charge in [-0.15, -0.1) is 0 Å². The van der Waals surface area contributed by atoms with Crippen molar-refractivity contribution in [2.45, 2.75) is 37.9 Å². The van der Waals surface area contributed by atoms with Crippen LogP contribution in [0.4, 0.5) is 13.2 Å². The molecular weight excluding hydrogens is 305 g/mol. The molecule has 1 aromatic rings. The lowest BCUT2D eigenvalue weighted by Gasteiger charge is -2.36. The number of alkyl halides is 3. The summed E-state index contributed by atoms with van der Waals surface area (Å²) in [6.45, 7) is 2.03. The molecule has 1 saturated heterocycles. The summed E-state index contributed by atoms with van der Waals surface area (Å²) in [5, 5.41) is 3.20. The Bertz CT molecular complexity index is 563. The average molecular weight is 326 g/mol. The molecule has 1 amide bonds. The normalized spacial score (nSPS) is 22.0. The maximum atomic E-state index is 13.2. The fourth-order valence-corrected chi connectivity index (χ4v) is 3.33. The van der Waals surface area contributed by atoms with Gasteiger partial charge in [0.2, 0.25) is 0 Å². The molecule has 0 bridgehead atoms. The molecule has 1 unspecified atom stereocenters. The van der Waals surface area contributed by atoms with Crippen LogP contribution < -0.4 is 5.32 Å². The van der Waals surface area contributed by atoms with Gasteiger partial charge in [-0.2, -0.15) is 13.2 Å². The van der Waals surface area contributed by atoms with Crippen LogP contribution in [0.1, 0.15) is 41.6 Å². The SMILES string of the molecule is O=C(c1ccccc1C(F)(F)F)N(CC1CCC1)C1CCNC1. The molecule has 0 aromatic heterocycles. The van der Waals surface area contributed by atoms with E-state index in [9.17, 15) is 18.0 Å². The summed E-state index contributed by atoms with van der Waals surface area (Å²) in [6, 6.07) is 5.09. The first-order valence-electron chi connectivity index (χ1n) is 8.14.